The van der Waals surface area contributed by atoms with Gasteiger partial charge in [0.15, 0.2) is 0 Å². The third kappa shape index (κ3) is 3.85. The van der Waals surface area contributed by atoms with Crippen LogP contribution in [0.15, 0.2) is 61.1 Å². The average Bonchev–Trinajstić information content (AvgIpc) is 3.11. The number of imidazole rings is 1. The predicted octanol–water partition coefficient (Wildman–Crippen LogP) is 4.49. The second kappa shape index (κ2) is 7.88. The lowest BCUT2D eigenvalue weighted by Crippen LogP contribution is -2.09. The topological polar surface area (TPSA) is 36.3 Å². The molecular formula is C21H24N2O2. The molecule has 0 amide bonds. The van der Waals surface area contributed by atoms with Gasteiger partial charge in [0, 0.05) is 24.4 Å². The molecule has 4 nitrogen and oxygen atoms in total. The fraction of sp³-hybridized carbons (Fsp3) is 0.286. The van der Waals surface area contributed by atoms with Crippen molar-refractivity contribution in [1.82, 2.24) is 9.55 Å². The Morgan fingerprint density at radius 1 is 1.00 bits per heavy atom. The minimum Gasteiger partial charge on any atom is -0.497 e. The predicted molar refractivity (Wildman–Crippen MR) is 99.5 cm³/mol. The van der Waals surface area contributed by atoms with E-state index in [4.69, 9.17) is 9.47 Å². The summed E-state index contributed by atoms with van der Waals surface area (Å²) in [5, 5.41) is 0. The third-order valence-electron chi connectivity index (χ3n) is 4.52. The van der Waals surface area contributed by atoms with Crippen molar-refractivity contribution >= 4 is 0 Å². The summed E-state index contributed by atoms with van der Waals surface area (Å²) < 4.78 is 12.8. The first-order valence-corrected chi connectivity index (χ1v) is 8.52. The maximum absolute atomic E-state index is 5.38. The Labute approximate surface area is 149 Å². The molecule has 130 valence electrons. The Hall–Kier alpha value is -2.75. The molecule has 0 bridgehead atoms. The molecule has 0 aliphatic carbocycles. The fourth-order valence-corrected chi connectivity index (χ4v) is 3.15. The molecule has 0 aliphatic heterocycles. The van der Waals surface area contributed by atoms with Gasteiger partial charge in [-0.05, 0) is 41.8 Å². The van der Waals surface area contributed by atoms with E-state index in [-0.39, 0.29) is 5.92 Å². The molecule has 0 aliphatic rings. The van der Waals surface area contributed by atoms with E-state index in [0.29, 0.717) is 0 Å². The average molecular weight is 336 g/mol. The van der Waals surface area contributed by atoms with E-state index in [0.717, 1.165) is 24.5 Å². The zero-order chi connectivity index (χ0) is 17.6. The highest BCUT2D eigenvalue weighted by Crippen LogP contribution is 2.30. The van der Waals surface area contributed by atoms with Gasteiger partial charge in [-0.1, -0.05) is 31.2 Å². The van der Waals surface area contributed by atoms with Crippen molar-refractivity contribution in [2.24, 2.45) is 0 Å². The Balaban J connectivity index is 1.87. The van der Waals surface area contributed by atoms with Crippen LogP contribution in [-0.2, 0) is 6.54 Å². The van der Waals surface area contributed by atoms with Crippen molar-refractivity contribution in [3.63, 3.8) is 0 Å². The highest BCUT2D eigenvalue weighted by Gasteiger charge is 2.17. The monoisotopic (exact) mass is 336 g/mol. The van der Waals surface area contributed by atoms with Gasteiger partial charge in [0.25, 0.3) is 0 Å². The molecule has 25 heavy (non-hydrogen) atoms. The van der Waals surface area contributed by atoms with Crippen LogP contribution >= 0.6 is 0 Å². The summed E-state index contributed by atoms with van der Waals surface area (Å²) in [5.74, 6) is 2.05. The summed E-state index contributed by atoms with van der Waals surface area (Å²) in [6.45, 7) is 2.99. The lowest BCUT2D eigenvalue weighted by atomic mass is 9.93. The molecule has 0 radical (unpaired) electrons. The summed E-state index contributed by atoms with van der Waals surface area (Å²) in [7, 11) is 3.39. The van der Waals surface area contributed by atoms with Gasteiger partial charge in [-0.2, -0.15) is 0 Å². The number of nitrogens with zero attached hydrogens (tertiary/aromatic N) is 2. The van der Waals surface area contributed by atoms with E-state index >= 15 is 0 Å². The van der Waals surface area contributed by atoms with E-state index in [1.807, 2.05) is 36.8 Å². The van der Waals surface area contributed by atoms with Crippen LogP contribution in [0.25, 0.3) is 0 Å². The lowest BCUT2D eigenvalue weighted by molar-refractivity contribution is 0.414. The SMILES string of the molecule is CCC(c1cccc(OC)c1)c1cncn1Cc1ccc(OC)cc1. The molecule has 1 unspecified atom stereocenters. The molecule has 1 atom stereocenters. The van der Waals surface area contributed by atoms with Crippen molar-refractivity contribution in [2.75, 3.05) is 14.2 Å². The van der Waals surface area contributed by atoms with E-state index in [9.17, 15) is 0 Å². The summed E-state index contributed by atoms with van der Waals surface area (Å²) in [5.41, 5.74) is 3.69. The molecule has 1 aromatic heterocycles. The van der Waals surface area contributed by atoms with Crippen LogP contribution in [0.5, 0.6) is 11.5 Å². The molecule has 3 rings (SSSR count). The van der Waals surface area contributed by atoms with Gasteiger partial charge >= 0.3 is 0 Å². The molecular weight excluding hydrogens is 312 g/mol. The standard InChI is InChI=1S/C21H24N2O2/c1-4-20(17-6-5-7-19(12-17)25-3)21-13-22-15-23(21)14-16-8-10-18(24-2)11-9-16/h5-13,15,20H,4,14H2,1-3H3. The number of aromatic nitrogens is 2. The first kappa shape index (κ1) is 17.1. The van der Waals surface area contributed by atoms with Crippen molar-refractivity contribution in [2.45, 2.75) is 25.8 Å². The van der Waals surface area contributed by atoms with Crippen molar-refractivity contribution < 1.29 is 9.47 Å². The fourth-order valence-electron chi connectivity index (χ4n) is 3.15. The van der Waals surface area contributed by atoms with Crippen LogP contribution < -0.4 is 9.47 Å². The van der Waals surface area contributed by atoms with Gasteiger partial charge in [-0.3, -0.25) is 0 Å². The number of rotatable bonds is 7. The highest BCUT2D eigenvalue weighted by molar-refractivity contribution is 5.35. The molecule has 1 heterocycles. The Morgan fingerprint density at radius 3 is 2.44 bits per heavy atom. The molecule has 4 heteroatoms. The smallest absolute Gasteiger partial charge is 0.119 e. The van der Waals surface area contributed by atoms with Crippen molar-refractivity contribution in [1.29, 1.82) is 0 Å². The number of hydrogen-bond acceptors (Lipinski definition) is 3. The van der Waals surface area contributed by atoms with Crippen molar-refractivity contribution in [3.8, 4) is 11.5 Å². The molecule has 0 fully saturated rings. The maximum atomic E-state index is 5.38. The lowest BCUT2D eigenvalue weighted by Gasteiger charge is -2.19. The molecule has 0 saturated heterocycles. The van der Waals surface area contributed by atoms with Crippen LogP contribution in [-0.4, -0.2) is 23.8 Å². The minimum atomic E-state index is 0.288. The van der Waals surface area contributed by atoms with E-state index in [1.54, 1.807) is 14.2 Å². The van der Waals surface area contributed by atoms with Crippen LogP contribution in [0.3, 0.4) is 0 Å². The normalized spacial score (nSPS) is 12.0. The minimum absolute atomic E-state index is 0.288. The first-order valence-electron chi connectivity index (χ1n) is 8.52. The molecule has 3 aromatic rings. The second-order valence-electron chi connectivity index (χ2n) is 6.03. The van der Waals surface area contributed by atoms with Gasteiger partial charge in [0.05, 0.1) is 20.5 Å². The van der Waals surface area contributed by atoms with Crippen LogP contribution in [0.2, 0.25) is 0 Å². The number of benzene rings is 2. The largest absolute Gasteiger partial charge is 0.497 e. The van der Waals surface area contributed by atoms with E-state index in [2.05, 4.69) is 40.7 Å². The third-order valence-corrected chi connectivity index (χ3v) is 4.52. The van der Waals surface area contributed by atoms with Gasteiger partial charge in [-0.25, -0.2) is 4.98 Å². The molecule has 2 aromatic carbocycles. The zero-order valence-electron chi connectivity index (χ0n) is 15.0. The first-order chi connectivity index (χ1) is 12.2. The summed E-state index contributed by atoms with van der Waals surface area (Å²) >= 11 is 0. The molecule has 0 saturated carbocycles. The number of hydrogen-bond donors (Lipinski definition) is 0. The quantitative estimate of drug-likeness (QED) is 0.638. The van der Waals surface area contributed by atoms with Gasteiger partial charge in [0.1, 0.15) is 11.5 Å². The van der Waals surface area contributed by atoms with Gasteiger partial charge < -0.3 is 14.0 Å². The summed E-state index contributed by atoms with van der Waals surface area (Å²) in [4.78, 5) is 4.40. The molecule has 0 spiro atoms. The van der Waals surface area contributed by atoms with Crippen molar-refractivity contribution in [3.05, 3.63) is 77.9 Å². The van der Waals surface area contributed by atoms with E-state index in [1.165, 1.54) is 16.8 Å². The second-order valence-corrected chi connectivity index (χ2v) is 6.03. The number of methoxy groups -OCH3 is 2. The van der Waals surface area contributed by atoms with Crippen LogP contribution in [0.4, 0.5) is 0 Å². The Kier molecular flexibility index (Phi) is 5.39. The Bertz CT molecular complexity index is 809. The van der Waals surface area contributed by atoms with Gasteiger partial charge in [-0.15, -0.1) is 0 Å². The maximum Gasteiger partial charge on any atom is 0.119 e. The van der Waals surface area contributed by atoms with Gasteiger partial charge in [0.2, 0.25) is 0 Å². The highest BCUT2D eigenvalue weighted by atomic mass is 16.5. The molecule has 0 N–H and O–H groups in total. The van der Waals surface area contributed by atoms with Crippen LogP contribution in [0.1, 0.15) is 36.1 Å². The summed E-state index contributed by atoms with van der Waals surface area (Å²) in [6.07, 6.45) is 4.88. The number of ether oxygens (including phenoxy) is 2. The Morgan fingerprint density at radius 2 is 1.76 bits per heavy atom. The zero-order valence-corrected chi connectivity index (χ0v) is 15.0. The summed E-state index contributed by atoms with van der Waals surface area (Å²) in [6, 6.07) is 16.5. The van der Waals surface area contributed by atoms with Crippen LogP contribution in [0, 0.1) is 0 Å². The van der Waals surface area contributed by atoms with E-state index < -0.39 is 0 Å².